The predicted octanol–water partition coefficient (Wildman–Crippen LogP) is 3.77. The number of methoxy groups -OCH3 is 1. The van der Waals surface area contributed by atoms with E-state index in [4.69, 9.17) is 9.47 Å². The van der Waals surface area contributed by atoms with Gasteiger partial charge in [-0.3, -0.25) is 9.88 Å². The predicted molar refractivity (Wildman–Crippen MR) is 120 cm³/mol. The molecule has 156 valence electrons. The summed E-state index contributed by atoms with van der Waals surface area (Å²) in [7, 11) is 1.37. The molecule has 0 saturated carbocycles. The number of ether oxygens (including phenoxy) is 2. The van der Waals surface area contributed by atoms with Crippen LogP contribution < -0.4 is 0 Å². The lowest BCUT2D eigenvalue weighted by molar-refractivity contribution is 0.0342. The largest absolute Gasteiger partial charge is 0.465 e. The van der Waals surface area contributed by atoms with E-state index >= 15 is 0 Å². The van der Waals surface area contributed by atoms with Crippen LogP contribution in [0.2, 0.25) is 0 Å². The van der Waals surface area contributed by atoms with Gasteiger partial charge in [0.2, 0.25) is 0 Å². The summed E-state index contributed by atoms with van der Waals surface area (Å²) in [6.07, 6.45) is 1.61. The highest BCUT2D eigenvalue weighted by atomic mass is 16.5. The molecule has 1 aliphatic rings. The molecule has 0 amide bonds. The summed E-state index contributed by atoms with van der Waals surface area (Å²) in [5.41, 5.74) is 5.32. The normalized spacial score (nSPS) is 13.8. The fourth-order valence-corrected chi connectivity index (χ4v) is 3.41. The van der Waals surface area contributed by atoms with E-state index in [1.807, 2.05) is 24.3 Å². The van der Waals surface area contributed by atoms with Crippen molar-refractivity contribution in [3.8, 4) is 23.1 Å². The van der Waals surface area contributed by atoms with Crippen LogP contribution in [-0.2, 0) is 16.0 Å². The van der Waals surface area contributed by atoms with Gasteiger partial charge < -0.3 is 9.47 Å². The molecule has 0 N–H and O–H groups in total. The highest BCUT2D eigenvalue weighted by Gasteiger charge is 2.10. The zero-order chi connectivity index (χ0) is 21.5. The van der Waals surface area contributed by atoms with Crippen molar-refractivity contribution < 1.29 is 14.3 Å². The molecular formula is C26H24N2O3. The maximum atomic E-state index is 11.7. The molecule has 5 nitrogen and oxygen atoms in total. The molecule has 5 heteroatoms. The minimum atomic E-state index is -0.373. The molecule has 0 spiro atoms. The van der Waals surface area contributed by atoms with E-state index in [1.165, 1.54) is 12.7 Å². The maximum Gasteiger partial charge on any atom is 0.337 e. The van der Waals surface area contributed by atoms with Crippen molar-refractivity contribution >= 4 is 5.97 Å². The summed E-state index contributed by atoms with van der Waals surface area (Å²) < 4.78 is 10.2. The van der Waals surface area contributed by atoms with Crippen LogP contribution >= 0.6 is 0 Å². The third-order valence-electron chi connectivity index (χ3n) is 5.18. The molecule has 31 heavy (non-hydrogen) atoms. The monoisotopic (exact) mass is 412 g/mol. The van der Waals surface area contributed by atoms with Crippen molar-refractivity contribution in [2.75, 3.05) is 33.4 Å². The van der Waals surface area contributed by atoms with E-state index in [2.05, 4.69) is 46.0 Å². The van der Waals surface area contributed by atoms with Crippen LogP contribution in [0.5, 0.6) is 0 Å². The van der Waals surface area contributed by atoms with Crippen molar-refractivity contribution in [2.45, 2.75) is 6.54 Å². The molecule has 0 atom stereocenters. The Hall–Kier alpha value is -3.46. The molecule has 1 saturated heterocycles. The Kier molecular flexibility index (Phi) is 6.73. The lowest BCUT2D eigenvalue weighted by atomic mass is 10.1. The van der Waals surface area contributed by atoms with Crippen molar-refractivity contribution in [2.24, 2.45) is 0 Å². The van der Waals surface area contributed by atoms with Gasteiger partial charge in [-0.1, -0.05) is 36.1 Å². The van der Waals surface area contributed by atoms with Crippen molar-refractivity contribution in [1.29, 1.82) is 0 Å². The molecule has 0 aliphatic carbocycles. The van der Waals surface area contributed by atoms with E-state index in [9.17, 15) is 4.79 Å². The van der Waals surface area contributed by atoms with Crippen LogP contribution in [0.4, 0.5) is 0 Å². The molecule has 0 unspecified atom stereocenters. The average molecular weight is 412 g/mol. The maximum absolute atomic E-state index is 11.7. The first-order chi connectivity index (χ1) is 15.2. The Morgan fingerprint density at radius 1 is 1.00 bits per heavy atom. The van der Waals surface area contributed by atoms with Crippen LogP contribution in [-0.4, -0.2) is 49.3 Å². The Balaban J connectivity index is 1.41. The molecule has 1 fully saturated rings. The first-order valence-corrected chi connectivity index (χ1v) is 10.3. The number of benzene rings is 2. The van der Waals surface area contributed by atoms with Crippen molar-refractivity contribution in [3.05, 3.63) is 89.1 Å². The quantitative estimate of drug-likeness (QED) is 0.482. The van der Waals surface area contributed by atoms with E-state index in [0.29, 0.717) is 5.56 Å². The second kappa shape index (κ2) is 10.0. The zero-order valence-corrected chi connectivity index (χ0v) is 17.5. The number of morpholine rings is 1. The number of carbonyl (C=O) groups excluding carboxylic acids is 1. The fourth-order valence-electron chi connectivity index (χ4n) is 3.41. The lowest BCUT2D eigenvalue weighted by Crippen LogP contribution is -2.35. The number of carbonyl (C=O) groups is 1. The van der Waals surface area contributed by atoms with Crippen LogP contribution in [0, 0.1) is 11.8 Å². The highest BCUT2D eigenvalue weighted by Crippen LogP contribution is 2.19. The van der Waals surface area contributed by atoms with Crippen LogP contribution in [0.15, 0.2) is 66.9 Å². The van der Waals surface area contributed by atoms with Gasteiger partial charge in [0.25, 0.3) is 0 Å². The zero-order valence-electron chi connectivity index (χ0n) is 17.5. The second-order valence-corrected chi connectivity index (χ2v) is 7.33. The minimum Gasteiger partial charge on any atom is -0.465 e. The Bertz CT molecular complexity index is 1090. The van der Waals surface area contributed by atoms with Gasteiger partial charge in [0.15, 0.2) is 0 Å². The minimum absolute atomic E-state index is 0.373. The molecule has 0 radical (unpaired) electrons. The second-order valence-electron chi connectivity index (χ2n) is 7.33. The first-order valence-electron chi connectivity index (χ1n) is 10.3. The van der Waals surface area contributed by atoms with Crippen LogP contribution in [0.25, 0.3) is 11.3 Å². The number of hydrogen-bond acceptors (Lipinski definition) is 5. The number of rotatable bonds is 4. The summed E-state index contributed by atoms with van der Waals surface area (Å²) >= 11 is 0. The number of hydrogen-bond donors (Lipinski definition) is 0. The molecule has 0 bridgehead atoms. The molecule has 4 rings (SSSR count). The summed E-state index contributed by atoms with van der Waals surface area (Å²) in [6.45, 7) is 4.55. The van der Waals surface area contributed by atoms with E-state index in [0.717, 1.165) is 55.2 Å². The number of esters is 1. The summed E-state index contributed by atoms with van der Waals surface area (Å²) in [5.74, 6) is 6.06. The van der Waals surface area contributed by atoms with Gasteiger partial charge in [-0.15, -0.1) is 0 Å². The third-order valence-corrected chi connectivity index (χ3v) is 5.18. The summed E-state index contributed by atoms with van der Waals surface area (Å²) in [4.78, 5) is 18.5. The van der Waals surface area contributed by atoms with Crippen LogP contribution in [0.1, 0.15) is 27.0 Å². The Morgan fingerprint density at radius 2 is 1.65 bits per heavy atom. The van der Waals surface area contributed by atoms with Gasteiger partial charge in [-0.05, 0) is 42.0 Å². The van der Waals surface area contributed by atoms with Gasteiger partial charge >= 0.3 is 5.97 Å². The standard InChI is InChI=1S/C26H24N2O3/c1-30-26(29)24-12-13-27-25(18-24)23-10-8-21(9-11-23)3-2-20-4-6-22(7-5-20)19-28-14-16-31-17-15-28/h4-13,18H,14-17,19H2,1H3. The SMILES string of the molecule is COC(=O)c1ccnc(-c2ccc(C#Cc3ccc(CN4CCOCC4)cc3)cc2)c1. The van der Waals surface area contributed by atoms with Gasteiger partial charge in [0, 0.05) is 42.5 Å². The Labute approximate surface area is 182 Å². The van der Waals surface area contributed by atoms with Gasteiger partial charge in [0.05, 0.1) is 31.6 Å². The van der Waals surface area contributed by atoms with Crippen LogP contribution in [0.3, 0.4) is 0 Å². The van der Waals surface area contributed by atoms with E-state index in [-0.39, 0.29) is 5.97 Å². The number of aromatic nitrogens is 1. The summed E-state index contributed by atoms with van der Waals surface area (Å²) in [5, 5.41) is 0. The molecule has 3 aromatic rings. The smallest absolute Gasteiger partial charge is 0.337 e. The first kappa shape index (κ1) is 20.8. The van der Waals surface area contributed by atoms with Gasteiger partial charge in [-0.25, -0.2) is 4.79 Å². The lowest BCUT2D eigenvalue weighted by Gasteiger charge is -2.26. The Morgan fingerprint density at radius 3 is 2.29 bits per heavy atom. The highest BCUT2D eigenvalue weighted by molar-refractivity contribution is 5.90. The van der Waals surface area contributed by atoms with Gasteiger partial charge in [-0.2, -0.15) is 0 Å². The number of pyridine rings is 1. The van der Waals surface area contributed by atoms with E-state index in [1.54, 1.807) is 18.3 Å². The molecular weight excluding hydrogens is 388 g/mol. The number of nitrogens with zero attached hydrogens (tertiary/aromatic N) is 2. The summed E-state index contributed by atoms with van der Waals surface area (Å²) in [6, 6.07) is 19.6. The molecule has 1 aromatic heterocycles. The fraction of sp³-hybridized carbons (Fsp3) is 0.231. The molecule has 1 aliphatic heterocycles. The molecule has 2 heterocycles. The van der Waals surface area contributed by atoms with Gasteiger partial charge in [0.1, 0.15) is 0 Å². The molecule has 2 aromatic carbocycles. The van der Waals surface area contributed by atoms with E-state index < -0.39 is 0 Å². The van der Waals surface area contributed by atoms with Crippen molar-refractivity contribution in [3.63, 3.8) is 0 Å². The average Bonchev–Trinajstić information content (AvgIpc) is 2.84. The van der Waals surface area contributed by atoms with Crippen molar-refractivity contribution in [1.82, 2.24) is 9.88 Å². The third kappa shape index (κ3) is 5.58. The topological polar surface area (TPSA) is 51.7 Å².